The van der Waals surface area contributed by atoms with Crippen molar-refractivity contribution in [2.75, 3.05) is 0 Å². The molecule has 0 aromatic carbocycles. The summed E-state index contributed by atoms with van der Waals surface area (Å²) in [6.45, 7) is 0. The van der Waals surface area contributed by atoms with Crippen molar-refractivity contribution in [3.8, 4) is 5.75 Å². The first-order chi connectivity index (χ1) is 8.06. The molecule has 1 aromatic heterocycles. The van der Waals surface area contributed by atoms with Gasteiger partial charge in [0.15, 0.2) is 5.75 Å². The summed E-state index contributed by atoms with van der Waals surface area (Å²) in [7, 11) is 0. The average molecular weight is 405 g/mol. The van der Waals surface area contributed by atoms with Crippen molar-refractivity contribution in [3.63, 3.8) is 0 Å². The fourth-order valence-corrected chi connectivity index (χ4v) is 2.25. The Bertz CT molecular complexity index is 446. The summed E-state index contributed by atoms with van der Waals surface area (Å²) in [5.74, 6) is -1.44. The van der Waals surface area contributed by atoms with Crippen molar-refractivity contribution in [2.45, 2.75) is 18.4 Å². The van der Waals surface area contributed by atoms with Gasteiger partial charge in [0, 0.05) is 5.56 Å². The Morgan fingerprint density at radius 3 is 2.17 bits per heavy atom. The molecule has 0 bridgehead atoms. The molecule has 0 aliphatic rings. The van der Waals surface area contributed by atoms with E-state index in [0.717, 1.165) is 0 Å². The van der Waals surface area contributed by atoms with Crippen molar-refractivity contribution in [1.29, 1.82) is 0 Å². The van der Waals surface area contributed by atoms with Gasteiger partial charge in [0.25, 0.3) is 0 Å². The second-order valence-electron chi connectivity index (χ2n) is 2.94. The standard InChI is InChI=1S/C8H3ClF6INO/c9-1-3-5(16)4(18-8(13,14)15)2-17-6(3)7(10,11)12/h2H,1H2. The summed E-state index contributed by atoms with van der Waals surface area (Å²) in [4.78, 5) is 2.93. The Kier molecular flexibility index (Phi) is 4.57. The molecule has 0 aliphatic carbocycles. The molecule has 18 heavy (non-hydrogen) atoms. The van der Waals surface area contributed by atoms with Crippen molar-refractivity contribution in [2.24, 2.45) is 0 Å². The smallest absolute Gasteiger partial charge is 0.403 e. The number of nitrogens with zero attached hydrogens (tertiary/aromatic N) is 1. The number of pyridine rings is 1. The highest BCUT2D eigenvalue weighted by molar-refractivity contribution is 14.1. The van der Waals surface area contributed by atoms with Gasteiger partial charge in [0.2, 0.25) is 0 Å². The minimum atomic E-state index is -5.01. The largest absolute Gasteiger partial charge is 0.573 e. The lowest BCUT2D eigenvalue weighted by molar-refractivity contribution is -0.275. The maximum atomic E-state index is 12.5. The van der Waals surface area contributed by atoms with Gasteiger partial charge in [0.05, 0.1) is 15.6 Å². The number of rotatable bonds is 2. The zero-order valence-corrected chi connectivity index (χ0v) is 11.1. The third-order valence-electron chi connectivity index (χ3n) is 1.71. The molecular formula is C8H3ClF6INO. The lowest BCUT2D eigenvalue weighted by Gasteiger charge is -2.15. The first-order valence-electron chi connectivity index (χ1n) is 4.12. The predicted octanol–water partition coefficient (Wildman–Crippen LogP) is 4.34. The number of alkyl halides is 7. The molecule has 2 nitrogen and oxygen atoms in total. The van der Waals surface area contributed by atoms with Gasteiger partial charge < -0.3 is 4.74 Å². The SMILES string of the molecule is FC(F)(F)Oc1cnc(C(F)(F)F)c(CCl)c1I. The molecular weight excluding hydrogens is 402 g/mol. The van der Waals surface area contributed by atoms with Crippen molar-refractivity contribution in [1.82, 2.24) is 4.98 Å². The van der Waals surface area contributed by atoms with E-state index in [4.69, 9.17) is 11.6 Å². The maximum Gasteiger partial charge on any atom is 0.573 e. The van der Waals surface area contributed by atoms with E-state index in [9.17, 15) is 26.3 Å². The van der Waals surface area contributed by atoms with E-state index >= 15 is 0 Å². The van der Waals surface area contributed by atoms with Gasteiger partial charge in [0.1, 0.15) is 5.69 Å². The molecule has 102 valence electrons. The van der Waals surface area contributed by atoms with Crippen LogP contribution in [0.25, 0.3) is 0 Å². The summed E-state index contributed by atoms with van der Waals surface area (Å²) in [5, 5.41) is 0. The van der Waals surface area contributed by atoms with E-state index in [1.807, 2.05) is 0 Å². The Morgan fingerprint density at radius 1 is 1.22 bits per heavy atom. The molecule has 1 aromatic rings. The summed E-state index contributed by atoms with van der Waals surface area (Å²) in [6.07, 6.45) is -9.43. The van der Waals surface area contributed by atoms with Gasteiger partial charge in [-0.1, -0.05) is 0 Å². The van der Waals surface area contributed by atoms with Crippen LogP contribution in [0.15, 0.2) is 6.20 Å². The van der Waals surface area contributed by atoms with E-state index in [1.165, 1.54) is 22.6 Å². The predicted molar refractivity (Wildman–Crippen MR) is 58.2 cm³/mol. The summed E-state index contributed by atoms with van der Waals surface area (Å²) >= 11 is 6.60. The minimum absolute atomic E-state index is 0.369. The number of hydrogen-bond acceptors (Lipinski definition) is 2. The fourth-order valence-electron chi connectivity index (χ4n) is 1.07. The van der Waals surface area contributed by atoms with Crippen molar-refractivity contribution < 1.29 is 31.1 Å². The van der Waals surface area contributed by atoms with Gasteiger partial charge in [-0.2, -0.15) is 13.2 Å². The minimum Gasteiger partial charge on any atom is -0.403 e. The number of aromatic nitrogens is 1. The van der Waals surface area contributed by atoms with Crippen LogP contribution in [-0.4, -0.2) is 11.3 Å². The monoisotopic (exact) mass is 405 g/mol. The third kappa shape index (κ3) is 3.77. The summed E-state index contributed by atoms with van der Waals surface area (Å²) in [5.41, 5.74) is -1.87. The first kappa shape index (κ1) is 15.6. The molecule has 0 saturated carbocycles. The van der Waals surface area contributed by atoms with E-state index in [1.54, 1.807) is 0 Å². The molecule has 1 rings (SSSR count). The van der Waals surface area contributed by atoms with Gasteiger partial charge in [-0.05, 0) is 22.6 Å². The van der Waals surface area contributed by atoms with Crippen LogP contribution in [0.1, 0.15) is 11.3 Å². The van der Waals surface area contributed by atoms with E-state index in [2.05, 4.69) is 9.72 Å². The highest BCUT2D eigenvalue weighted by Crippen LogP contribution is 2.37. The Morgan fingerprint density at radius 2 is 1.78 bits per heavy atom. The molecule has 0 radical (unpaired) electrons. The maximum absolute atomic E-state index is 12.5. The van der Waals surface area contributed by atoms with Gasteiger partial charge >= 0.3 is 12.5 Å². The van der Waals surface area contributed by atoms with Gasteiger partial charge in [-0.15, -0.1) is 24.8 Å². The molecule has 0 aliphatic heterocycles. The molecule has 0 N–H and O–H groups in total. The lowest BCUT2D eigenvalue weighted by atomic mass is 10.2. The molecule has 1 heterocycles. The fraction of sp³-hybridized carbons (Fsp3) is 0.375. The van der Waals surface area contributed by atoms with Crippen LogP contribution in [0.2, 0.25) is 0 Å². The zero-order chi connectivity index (χ0) is 14.1. The van der Waals surface area contributed by atoms with Crippen molar-refractivity contribution in [3.05, 3.63) is 21.0 Å². The topological polar surface area (TPSA) is 22.1 Å². The Labute approximate surface area is 115 Å². The first-order valence-corrected chi connectivity index (χ1v) is 5.74. The normalized spacial score (nSPS) is 12.7. The molecule has 10 heteroatoms. The second-order valence-corrected chi connectivity index (χ2v) is 4.29. The van der Waals surface area contributed by atoms with Crippen LogP contribution >= 0.6 is 34.2 Å². The highest BCUT2D eigenvalue weighted by Gasteiger charge is 2.38. The van der Waals surface area contributed by atoms with Crippen LogP contribution in [0.3, 0.4) is 0 Å². The number of hydrogen-bond donors (Lipinski definition) is 0. The van der Waals surface area contributed by atoms with Crippen molar-refractivity contribution >= 4 is 34.2 Å². The van der Waals surface area contributed by atoms with E-state index < -0.39 is 35.4 Å². The third-order valence-corrected chi connectivity index (χ3v) is 3.16. The van der Waals surface area contributed by atoms with E-state index in [0.29, 0.717) is 6.20 Å². The molecule has 0 saturated heterocycles. The van der Waals surface area contributed by atoms with Gasteiger partial charge in [-0.25, -0.2) is 4.98 Å². The van der Waals surface area contributed by atoms with Crippen LogP contribution < -0.4 is 4.74 Å². The molecule has 0 spiro atoms. The summed E-state index contributed by atoms with van der Waals surface area (Å²) in [6, 6.07) is 0. The molecule has 0 unspecified atom stereocenters. The van der Waals surface area contributed by atoms with Gasteiger partial charge in [-0.3, -0.25) is 0 Å². The Balaban J connectivity index is 3.29. The molecule has 0 atom stereocenters. The van der Waals surface area contributed by atoms with Crippen LogP contribution in [-0.2, 0) is 12.1 Å². The molecule has 0 amide bonds. The summed E-state index contributed by atoms with van der Waals surface area (Å²) < 4.78 is 76.6. The highest BCUT2D eigenvalue weighted by atomic mass is 127. The average Bonchev–Trinajstić information content (AvgIpc) is 2.17. The number of halogens is 8. The quantitative estimate of drug-likeness (QED) is 0.415. The second kappa shape index (κ2) is 5.27. The lowest BCUT2D eigenvalue weighted by Crippen LogP contribution is -2.20. The zero-order valence-electron chi connectivity index (χ0n) is 8.16. The van der Waals surface area contributed by atoms with Crippen LogP contribution in [0.5, 0.6) is 5.75 Å². The van der Waals surface area contributed by atoms with Crippen LogP contribution in [0, 0.1) is 3.57 Å². The molecule has 0 fully saturated rings. The van der Waals surface area contributed by atoms with Crippen LogP contribution in [0.4, 0.5) is 26.3 Å². The van der Waals surface area contributed by atoms with E-state index in [-0.39, 0.29) is 3.57 Å². The Hall–Kier alpha value is -0.450. The number of ether oxygens (including phenoxy) is 1.